The summed E-state index contributed by atoms with van der Waals surface area (Å²) in [5.41, 5.74) is 2.23. The third-order valence-corrected chi connectivity index (χ3v) is 2.58. The van der Waals surface area contributed by atoms with E-state index in [1.807, 2.05) is 13.0 Å². The normalized spacial score (nSPS) is 9.62. The minimum Gasteiger partial charge on any atom is -0.466 e. The number of hydrogen-bond donors (Lipinski definition) is 1. The molecule has 1 rings (SSSR count). The molecule has 84 valence electrons. The van der Waals surface area contributed by atoms with Crippen LogP contribution in [0.2, 0.25) is 0 Å². The van der Waals surface area contributed by atoms with Crippen LogP contribution >= 0.6 is 12.6 Å². The largest absolute Gasteiger partial charge is 0.466 e. The van der Waals surface area contributed by atoms with Crippen LogP contribution in [-0.4, -0.2) is 12.6 Å². The molecule has 0 aliphatic heterocycles. The van der Waals surface area contributed by atoms with Gasteiger partial charge in [0, 0.05) is 4.90 Å². The molecule has 0 heterocycles. The molecule has 0 radical (unpaired) electrons. The first-order valence-electron chi connectivity index (χ1n) is 4.96. The molecule has 0 aliphatic rings. The van der Waals surface area contributed by atoms with Crippen molar-refractivity contribution in [2.45, 2.75) is 25.2 Å². The topological polar surface area (TPSA) is 50.1 Å². The highest BCUT2D eigenvalue weighted by molar-refractivity contribution is 7.80. The van der Waals surface area contributed by atoms with E-state index in [-0.39, 0.29) is 12.4 Å². The number of carbonyl (C=O) groups is 1. The average molecular weight is 235 g/mol. The Morgan fingerprint density at radius 3 is 2.81 bits per heavy atom. The Bertz CT molecular complexity index is 449. The third kappa shape index (κ3) is 3.01. The third-order valence-electron chi connectivity index (χ3n) is 2.21. The van der Waals surface area contributed by atoms with Gasteiger partial charge in [-0.15, -0.1) is 12.6 Å². The van der Waals surface area contributed by atoms with E-state index in [0.717, 1.165) is 11.1 Å². The summed E-state index contributed by atoms with van der Waals surface area (Å²) in [6.45, 7) is 4.02. The lowest BCUT2D eigenvalue weighted by Gasteiger charge is -2.07. The van der Waals surface area contributed by atoms with Crippen LogP contribution < -0.4 is 0 Å². The second kappa shape index (κ2) is 5.57. The molecule has 1 aromatic rings. The maximum absolute atomic E-state index is 11.3. The molecule has 16 heavy (non-hydrogen) atoms. The molecule has 4 heteroatoms. The Kier molecular flexibility index (Phi) is 4.39. The van der Waals surface area contributed by atoms with Gasteiger partial charge in [-0.1, -0.05) is 0 Å². The van der Waals surface area contributed by atoms with Crippen molar-refractivity contribution >= 4 is 18.6 Å². The van der Waals surface area contributed by atoms with Gasteiger partial charge in [0.1, 0.15) is 6.07 Å². The van der Waals surface area contributed by atoms with Gasteiger partial charge in [0.2, 0.25) is 0 Å². The standard InChI is InChI=1S/C12H13NO2S/c1-3-15-12(14)6-9-5-10(7-13)11(16)4-8(9)2/h4-5,16H,3,6H2,1-2H3. The van der Waals surface area contributed by atoms with E-state index >= 15 is 0 Å². The monoisotopic (exact) mass is 235 g/mol. The van der Waals surface area contributed by atoms with E-state index in [2.05, 4.69) is 12.6 Å². The van der Waals surface area contributed by atoms with Crippen molar-refractivity contribution in [3.63, 3.8) is 0 Å². The summed E-state index contributed by atoms with van der Waals surface area (Å²) in [5.74, 6) is -0.276. The van der Waals surface area contributed by atoms with E-state index in [9.17, 15) is 4.79 Å². The fourth-order valence-corrected chi connectivity index (χ4v) is 1.69. The predicted octanol–water partition coefficient (Wildman–Crippen LogP) is 2.26. The van der Waals surface area contributed by atoms with Crippen LogP contribution in [-0.2, 0) is 16.0 Å². The van der Waals surface area contributed by atoms with Crippen LogP contribution in [0.3, 0.4) is 0 Å². The molecule has 0 saturated heterocycles. The number of benzene rings is 1. The lowest BCUT2D eigenvalue weighted by atomic mass is 10.0. The second-order valence-corrected chi connectivity index (χ2v) is 3.87. The lowest BCUT2D eigenvalue weighted by molar-refractivity contribution is -0.142. The van der Waals surface area contributed by atoms with Gasteiger partial charge in [-0.05, 0) is 37.1 Å². The van der Waals surface area contributed by atoms with Gasteiger partial charge in [0.15, 0.2) is 0 Å². The molecule has 0 spiro atoms. The van der Waals surface area contributed by atoms with Gasteiger partial charge in [-0.2, -0.15) is 5.26 Å². The molecule has 1 aromatic carbocycles. The SMILES string of the molecule is CCOC(=O)Cc1cc(C#N)c(S)cc1C. The van der Waals surface area contributed by atoms with Gasteiger partial charge in [-0.3, -0.25) is 4.79 Å². The van der Waals surface area contributed by atoms with E-state index in [4.69, 9.17) is 10.00 Å². The highest BCUT2D eigenvalue weighted by Gasteiger charge is 2.09. The number of carbonyl (C=O) groups excluding carboxylic acids is 1. The zero-order valence-electron chi connectivity index (χ0n) is 9.28. The van der Waals surface area contributed by atoms with E-state index in [0.29, 0.717) is 17.1 Å². The Labute approximate surface area is 100 Å². The minimum atomic E-state index is -0.276. The molecule has 0 saturated carbocycles. The number of hydrogen-bond acceptors (Lipinski definition) is 4. The van der Waals surface area contributed by atoms with Crippen molar-refractivity contribution in [2.75, 3.05) is 6.61 Å². The molecule has 0 atom stereocenters. The van der Waals surface area contributed by atoms with Crippen LogP contribution in [0.5, 0.6) is 0 Å². The fourth-order valence-electron chi connectivity index (χ4n) is 1.39. The Morgan fingerprint density at radius 1 is 1.56 bits per heavy atom. The van der Waals surface area contributed by atoms with E-state index in [1.165, 1.54) is 0 Å². The summed E-state index contributed by atoms with van der Waals surface area (Å²) < 4.78 is 4.86. The Balaban J connectivity index is 2.97. The van der Waals surface area contributed by atoms with Crippen molar-refractivity contribution in [3.05, 3.63) is 28.8 Å². The molecule has 0 aliphatic carbocycles. The molecule has 0 amide bonds. The van der Waals surface area contributed by atoms with Crippen molar-refractivity contribution in [3.8, 4) is 6.07 Å². The molecule has 0 bridgehead atoms. The highest BCUT2D eigenvalue weighted by atomic mass is 32.1. The maximum atomic E-state index is 11.3. The number of ether oxygens (including phenoxy) is 1. The predicted molar refractivity (Wildman–Crippen MR) is 63.5 cm³/mol. The maximum Gasteiger partial charge on any atom is 0.310 e. The summed E-state index contributed by atoms with van der Waals surface area (Å²) in [6, 6.07) is 5.52. The zero-order chi connectivity index (χ0) is 12.1. The Morgan fingerprint density at radius 2 is 2.25 bits per heavy atom. The van der Waals surface area contributed by atoms with Gasteiger partial charge >= 0.3 is 5.97 Å². The van der Waals surface area contributed by atoms with E-state index < -0.39 is 0 Å². The summed E-state index contributed by atoms with van der Waals surface area (Å²) in [7, 11) is 0. The molecule has 0 aromatic heterocycles. The smallest absolute Gasteiger partial charge is 0.310 e. The summed E-state index contributed by atoms with van der Waals surface area (Å²) in [6.07, 6.45) is 0.197. The summed E-state index contributed by atoms with van der Waals surface area (Å²) in [5, 5.41) is 8.86. The first-order chi connectivity index (χ1) is 7.58. The van der Waals surface area contributed by atoms with Crippen LogP contribution in [0.1, 0.15) is 23.6 Å². The summed E-state index contributed by atoms with van der Waals surface area (Å²) >= 11 is 4.19. The van der Waals surface area contributed by atoms with Gasteiger partial charge in [0.05, 0.1) is 18.6 Å². The van der Waals surface area contributed by atoms with Crippen molar-refractivity contribution in [2.24, 2.45) is 0 Å². The van der Waals surface area contributed by atoms with Crippen molar-refractivity contribution in [1.29, 1.82) is 5.26 Å². The lowest BCUT2D eigenvalue weighted by Crippen LogP contribution is -2.08. The van der Waals surface area contributed by atoms with Crippen LogP contribution in [0.4, 0.5) is 0 Å². The number of esters is 1. The van der Waals surface area contributed by atoms with E-state index in [1.54, 1.807) is 19.1 Å². The van der Waals surface area contributed by atoms with Crippen LogP contribution in [0.15, 0.2) is 17.0 Å². The average Bonchev–Trinajstić information content (AvgIpc) is 2.22. The molecule has 0 fully saturated rings. The number of rotatable bonds is 3. The quantitative estimate of drug-likeness (QED) is 0.646. The molecular formula is C12H13NO2S. The zero-order valence-corrected chi connectivity index (χ0v) is 10.2. The summed E-state index contributed by atoms with van der Waals surface area (Å²) in [4.78, 5) is 12.0. The molecular weight excluding hydrogens is 222 g/mol. The van der Waals surface area contributed by atoms with Crippen LogP contribution in [0.25, 0.3) is 0 Å². The second-order valence-electron chi connectivity index (χ2n) is 3.39. The number of nitriles is 1. The molecule has 0 N–H and O–H groups in total. The fraction of sp³-hybridized carbons (Fsp3) is 0.333. The van der Waals surface area contributed by atoms with Gasteiger partial charge in [-0.25, -0.2) is 0 Å². The number of thiol groups is 1. The highest BCUT2D eigenvalue weighted by Crippen LogP contribution is 2.19. The first kappa shape index (κ1) is 12.6. The Hall–Kier alpha value is -1.47. The number of nitrogens with zero attached hydrogens (tertiary/aromatic N) is 1. The van der Waals surface area contributed by atoms with Crippen molar-refractivity contribution < 1.29 is 9.53 Å². The minimum absolute atomic E-state index is 0.197. The number of aryl methyl sites for hydroxylation is 1. The molecule has 0 unspecified atom stereocenters. The van der Waals surface area contributed by atoms with Gasteiger partial charge in [0.25, 0.3) is 0 Å². The first-order valence-corrected chi connectivity index (χ1v) is 5.41. The van der Waals surface area contributed by atoms with Crippen LogP contribution in [0, 0.1) is 18.3 Å². The van der Waals surface area contributed by atoms with Gasteiger partial charge < -0.3 is 4.74 Å². The van der Waals surface area contributed by atoms with Crippen molar-refractivity contribution in [1.82, 2.24) is 0 Å². The molecule has 3 nitrogen and oxygen atoms in total.